The predicted molar refractivity (Wildman–Crippen MR) is 133 cm³/mol. The van der Waals surface area contributed by atoms with E-state index in [4.69, 9.17) is 4.42 Å². The Bertz CT molecular complexity index is 1850. The van der Waals surface area contributed by atoms with E-state index >= 15 is 0 Å². The Kier molecular flexibility index (Phi) is 5.05. The quantitative estimate of drug-likeness (QED) is 0.358. The molecule has 4 aromatic heterocycles. The molecule has 174 valence electrons. The van der Waals surface area contributed by atoms with E-state index in [2.05, 4.69) is 15.0 Å². The van der Waals surface area contributed by atoms with Gasteiger partial charge in [0.2, 0.25) is 5.78 Å². The fraction of sp³-hybridized carbons (Fsp3) is 0.120. The maximum absolute atomic E-state index is 13.3. The van der Waals surface area contributed by atoms with Crippen molar-refractivity contribution in [2.75, 3.05) is 6.61 Å². The maximum Gasteiger partial charge on any atom is 0.336 e. The molecule has 6 aromatic rings. The van der Waals surface area contributed by atoms with Crippen molar-refractivity contribution in [1.29, 1.82) is 0 Å². The molecule has 9 nitrogen and oxygen atoms in total. The van der Waals surface area contributed by atoms with Crippen LogP contribution in [0.25, 0.3) is 39.2 Å². The number of hydrogen-bond acceptors (Lipinski definition) is 7. The van der Waals surface area contributed by atoms with E-state index in [0.717, 1.165) is 27.1 Å². The molecule has 0 saturated carbocycles. The number of aromatic amines is 1. The van der Waals surface area contributed by atoms with Gasteiger partial charge in [-0.15, -0.1) is 0 Å². The van der Waals surface area contributed by atoms with Gasteiger partial charge in [-0.25, -0.2) is 14.2 Å². The lowest BCUT2D eigenvalue weighted by Crippen LogP contribution is -2.14. The van der Waals surface area contributed by atoms with Crippen LogP contribution in [-0.2, 0) is 6.54 Å². The number of fused-ring (bicyclic) bond motifs is 3. The highest BCUT2D eigenvalue weighted by atomic mass is 32.2. The van der Waals surface area contributed by atoms with E-state index in [1.807, 2.05) is 49.4 Å². The highest BCUT2D eigenvalue weighted by molar-refractivity contribution is 7.99. The molecule has 0 saturated heterocycles. The lowest BCUT2D eigenvalue weighted by atomic mass is 10.1. The second-order valence-electron chi connectivity index (χ2n) is 8.09. The third kappa shape index (κ3) is 3.63. The minimum Gasteiger partial charge on any atom is -0.423 e. The first-order chi connectivity index (χ1) is 17.0. The Balaban J connectivity index is 1.48. The molecular formula is C25H19N5O4S. The van der Waals surface area contributed by atoms with Gasteiger partial charge in [0.1, 0.15) is 5.58 Å². The van der Waals surface area contributed by atoms with Crippen molar-refractivity contribution in [2.24, 2.45) is 0 Å². The zero-order chi connectivity index (χ0) is 24.1. The first-order valence-electron chi connectivity index (χ1n) is 10.9. The molecule has 0 radical (unpaired) electrons. The average molecular weight is 486 g/mol. The SMILES string of the molecule is Cc1cc(=O)oc2cc(Sc3nc4c(=O)n5cc(-c6ccccc6)[nH]c5nc4n3CCO)ccc12. The van der Waals surface area contributed by atoms with Crippen molar-refractivity contribution in [1.82, 2.24) is 23.9 Å². The molecule has 0 aliphatic rings. The maximum atomic E-state index is 13.3. The number of imidazole rings is 2. The number of aliphatic hydroxyl groups is 1. The molecule has 0 amide bonds. The van der Waals surface area contributed by atoms with Crippen LogP contribution in [0.1, 0.15) is 5.56 Å². The smallest absolute Gasteiger partial charge is 0.336 e. The molecule has 0 unspecified atom stereocenters. The summed E-state index contributed by atoms with van der Waals surface area (Å²) in [5.41, 5.74) is 2.89. The van der Waals surface area contributed by atoms with Gasteiger partial charge in [0.05, 0.1) is 12.3 Å². The number of aryl methyl sites for hydroxylation is 1. The lowest BCUT2D eigenvalue weighted by Gasteiger charge is -2.07. The zero-order valence-corrected chi connectivity index (χ0v) is 19.4. The number of rotatable bonds is 5. The van der Waals surface area contributed by atoms with Gasteiger partial charge in [0.15, 0.2) is 16.3 Å². The summed E-state index contributed by atoms with van der Waals surface area (Å²) in [7, 11) is 0. The molecule has 0 spiro atoms. The molecule has 6 rings (SSSR count). The van der Waals surface area contributed by atoms with Crippen LogP contribution in [0.15, 0.2) is 84.9 Å². The highest BCUT2D eigenvalue weighted by Crippen LogP contribution is 2.32. The highest BCUT2D eigenvalue weighted by Gasteiger charge is 2.19. The lowest BCUT2D eigenvalue weighted by molar-refractivity contribution is 0.273. The van der Waals surface area contributed by atoms with Gasteiger partial charge in [0, 0.05) is 29.1 Å². The number of H-pyrrole nitrogens is 1. The van der Waals surface area contributed by atoms with E-state index in [-0.39, 0.29) is 24.2 Å². The van der Waals surface area contributed by atoms with Gasteiger partial charge in [-0.05, 0) is 36.2 Å². The molecule has 0 aliphatic carbocycles. The summed E-state index contributed by atoms with van der Waals surface area (Å²) in [6.45, 7) is 1.93. The topological polar surface area (TPSA) is 118 Å². The molecule has 35 heavy (non-hydrogen) atoms. The number of benzene rings is 2. The molecule has 10 heteroatoms. The van der Waals surface area contributed by atoms with Crippen molar-refractivity contribution >= 4 is 39.7 Å². The number of hydrogen-bond donors (Lipinski definition) is 2. The Morgan fingerprint density at radius 3 is 2.71 bits per heavy atom. The summed E-state index contributed by atoms with van der Waals surface area (Å²) >= 11 is 1.30. The standard InChI is InChI=1S/C25H19N5O4S/c1-14-11-20(32)34-19-12-16(7-8-17(14)19)35-25-27-21-22(29(25)9-10-31)28-24-26-18(13-30(24)23(21)33)15-5-3-2-4-6-15/h2-8,11-13,31H,9-10H2,1H3,(H,26,28). The van der Waals surface area contributed by atoms with E-state index in [1.165, 1.54) is 22.2 Å². The molecular weight excluding hydrogens is 466 g/mol. The van der Waals surface area contributed by atoms with Crippen molar-refractivity contribution in [3.05, 3.63) is 87.1 Å². The minimum absolute atomic E-state index is 0.147. The van der Waals surface area contributed by atoms with E-state index in [9.17, 15) is 14.7 Å². The van der Waals surface area contributed by atoms with Crippen LogP contribution in [-0.4, -0.2) is 35.6 Å². The summed E-state index contributed by atoms with van der Waals surface area (Å²) in [5.74, 6) is 0.389. The summed E-state index contributed by atoms with van der Waals surface area (Å²) in [6.07, 6.45) is 1.71. The summed E-state index contributed by atoms with van der Waals surface area (Å²) in [6, 6.07) is 16.7. The van der Waals surface area contributed by atoms with Gasteiger partial charge in [-0.3, -0.25) is 4.79 Å². The van der Waals surface area contributed by atoms with Crippen molar-refractivity contribution in [3.63, 3.8) is 0 Å². The van der Waals surface area contributed by atoms with Crippen LogP contribution in [0.2, 0.25) is 0 Å². The normalized spacial score (nSPS) is 11.7. The molecule has 0 aliphatic heterocycles. The monoisotopic (exact) mass is 485 g/mol. The first kappa shape index (κ1) is 21.4. The third-order valence-corrected chi connectivity index (χ3v) is 6.80. The van der Waals surface area contributed by atoms with Crippen LogP contribution in [0.4, 0.5) is 0 Å². The Morgan fingerprint density at radius 1 is 1.09 bits per heavy atom. The molecule has 0 atom stereocenters. The van der Waals surface area contributed by atoms with E-state index < -0.39 is 5.63 Å². The van der Waals surface area contributed by atoms with Crippen molar-refractivity contribution in [3.8, 4) is 11.3 Å². The number of aromatic nitrogens is 5. The van der Waals surface area contributed by atoms with Crippen molar-refractivity contribution in [2.45, 2.75) is 23.5 Å². The van der Waals surface area contributed by atoms with Crippen LogP contribution >= 0.6 is 11.8 Å². The van der Waals surface area contributed by atoms with Gasteiger partial charge >= 0.3 is 5.63 Å². The molecule has 0 fully saturated rings. The Labute approximate surface area is 201 Å². The molecule has 2 N–H and O–H groups in total. The summed E-state index contributed by atoms with van der Waals surface area (Å²) in [5, 5.41) is 11.1. The van der Waals surface area contributed by atoms with Crippen LogP contribution in [0.3, 0.4) is 0 Å². The average Bonchev–Trinajstić information content (AvgIpc) is 3.42. The second kappa shape index (κ2) is 8.26. The van der Waals surface area contributed by atoms with Crippen LogP contribution in [0.5, 0.6) is 0 Å². The molecule has 0 bridgehead atoms. The number of nitrogens with one attached hydrogen (secondary N) is 1. The fourth-order valence-electron chi connectivity index (χ4n) is 4.15. The van der Waals surface area contributed by atoms with Gasteiger partial charge in [-0.1, -0.05) is 42.1 Å². The van der Waals surface area contributed by atoms with Gasteiger partial charge < -0.3 is 19.1 Å². The largest absolute Gasteiger partial charge is 0.423 e. The van der Waals surface area contributed by atoms with Gasteiger partial charge in [0.25, 0.3) is 5.56 Å². The summed E-state index contributed by atoms with van der Waals surface area (Å²) in [4.78, 5) is 38.3. The molecule has 2 aromatic carbocycles. The Hall–Kier alpha value is -4.15. The van der Waals surface area contributed by atoms with E-state index in [1.54, 1.807) is 16.8 Å². The predicted octanol–water partition coefficient (Wildman–Crippen LogP) is 3.60. The summed E-state index contributed by atoms with van der Waals surface area (Å²) < 4.78 is 8.53. The number of aliphatic hydroxyl groups excluding tert-OH is 1. The first-order valence-corrected chi connectivity index (χ1v) is 11.7. The van der Waals surface area contributed by atoms with Gasteiger partial charge in [-0.2, -0.15) is 4.98 Å². The van der Waals surface area contributed by atoms with Crippen LogP contribution in [0, 0.1) is 6.92 Å². The third-order valence-electron chi connectivity index (χ3n) is 5.81. The van der Waals surface area contributed by atoms with Crippen molar-refractivity contribution < 1.29 is 9.52 Å². The molecule has 4 heterocycles. The Morgan fingerprint density at radius 2 is 1.91 bits per heavy atom. The minimum atomic E-state index is -0.410. The fourth-order valence-corrected chi connectivity index (χ4v) is 5.09. The number of nitrogens with zero attached hydrogens (tertiary/aromatic N) is 4. The second-order valence-corrected chi connectivity index (χ2v) is 9.14. The van der Waals surface area contributed by atoms with E-state index in [0.29, 0.717) is 22.2 Å². The van der Waals surface area contributed by atoms with Crippen LogP contribution < -0.4 is 11.2 Å². The zero-order valence-electron chi connectivity index (χ0n) is 18.6.